The summed E-state index contributed by atoms with van der Waals surface area (Å²) in [4.78, 5) is 15.8. The smallest absolute Gasteiger partial charge is 0.434 e. The largest absolute Gasteiger partial charge is 0.462 e. The zero-order chi connectivity index (χ0) is 24.3. The highest BCUT2D eigenvalue weighted by Crippen LogP contribution is 2.44. The van der Waals surface area contributed by atoms with Gasteiger partial charge in [0.1, 0.15) is 11.8 Å². The van der Waals surface area contributed by atoms with E-state index in [0.717, 1.165) is 0 Å². The number of ether oxygens (including phenoxy) is 1. The minimum atomic E-state index is -5.25. The predicted octanol–water partition coefficient (Wildman–Crippen LogP) is 6.62. The maximum absolute atomic E-state index is 14.0. The van der Waals surface area contributed by atoms with Crippen molar-refractivity contribution < 1.29 is 36.6 Å². The number of hydrogen-bond donors (Lipinski definition) is 1. The molecule has 0 spiro atoms. The van der Waals surface area contributed by atoms with Crippen molar-refractivity contribution in [3.05, 3.63) is 87.7 Å². The van der Waals surface area contributed by atoms with Gasteiger partial charge in [-0.2, -0.15) is 13.2 Å². The van der Waals surface area contributed by atoms with E-state index in [1.165, 1.54) is 55.5 Å². The molecule has 1 heterocycles. The Labute approximate surface area is 190 Å². The van der Waals surface area contributed by atoms with Gasteiger partial charge in [-0.05, 0) is 30.2 Å². The molecule has 0 aliphatic rings. The Morgan fingerprint density at radius 2 is 1.70 bits per heavy atom. The van der Waals surface area contributed by atoms with Crippen molar-refractivity contribution in [2.24, 2.45) is 0 Å². The maximum atomic E-state index is 14.0. The highest BCUT2D eigenvalue weighted by atomic mass is 35.5. The van der Waals surface area contributed by atoms with E-state index < -0.39 is 52.8 Å². The number of aliphatic hydroxyl groups is 1. The first-order valence-corrected chi connectivity index (χ1v) is 10.0. The molecule has 1 N–H and O–H groups in total. The first kappa shape index (κ1) is 24.6. The summed E-state index contributed by atoms with van der Waals surface area (Å²) in [6, 6.07) is 12.6. The zero-order valence-corrected chi connectivity index (χ0v) is 17.8. The van der Waals surface area contributed by atoms with Crippen molar-refractivity contribution in [3.8, 4) is 11.1 Å². The number of esters is 1. The van der Waals surface area contributed by atoms with Crippen LogP contribution in [0.25, 0.3) is 11.1 Å². The summed E-state index contributed by atoms with van der Waals surface area (Å²) in [6.45, 7) is 1.12. The van der Waals surface area contributed by atoms with Crippen molar-refractivity contribution in [3.63, 3.8) is 0 Å². The number of pyridine rings is 1. The molecule has 0 radical (unpaired) electrons. The second kappa shape index (κ2) is 9.84. The summed E-state index contributed by atoms with van der Waals surface area (Å²) in [5, 5.41) is 11.3. The number of nitrogens with zero attached hydrogens (tertiary/aromatic N) is 1. The first-order valence-electron chi connectivity index (χ1n) is 9.65. The number of aliphatic hydroxyl groups excluding tert-OH is 1. The van der Waals surface area contributed by atoms with Gasteiger partial charge < -0.3 is 9.84 Å². The van der Waals surface area contributed by atoms with Gasteiger partial charge in [0.25, 0.3) is 6.43 Å². The fourth-order valence-corrected chi connectivity index (χ4v) is 3.51. The molecule has 0 bridgehead atoms. The van der Waals surface area contributed by atoms with Crippen molar-refractivity contribution in [1.29, 1.82) is 0 Å². The van der Waals surface area contributed by atoms with Crippen LogP contribution in [0.2, 0.25) is 5.02 Å². The number of alkyl halides is 5. The van der Waals surface area contributed by atoms with Crippen LogP contribution in [0.15, 0.2) is 54.6 Å². The molecule has 2 aromatic carbocycles. The lowest BCUT2D eigenvalue weighted by molar-refractivity contribution is -0.142. The summed E-state index contributed by atoms with van der Waals surface area (Å²) in [6.07, 6.45) is -10.6. The van der Waals surface area contributed by atoms with Gasteiger partial charge in [0, 0.05) is 16.1 Å². The molecule has 0 saturated carbocycles. The fourth-order valence-electron chi connectivity index (χ4n) is 3.38. The topological polar surface area (TPSA) is 59.4 Å². The van der Waals surface area contributed by atoms with Crippen LogP contribution in [-0.4, -0.2) is 22.7 Å². The fraction of sp³-hybridized carbons (Fsp3) is 0.217. The molecule has 1 unspecified atom stereocenters. The molecular weight excluding hydrogens is 469 g/mol. The molecule has 1 aromatic heterocycles. The highest BCUT2D eigenvalue weighted by molar-refractivity contribution is 6.30. The van der Waals surface area contributed by atoms with Crippen molar-refractivity contribution in [2.45, 2.75) is 25.6 Å². The van der Waals surface area contributed by atoms with Crippen LogP contribution in [0.4, 0.5) is 22.0 Å². The molecule has 174 valence electrons. The van der Waals surface area contributed by atoms with Gasteiger partial charge in [0.15, 0.2) is 5.69 Å². The monoisotopic (exact) mass is 485 g/mol. The Balaban J connectivity index is 2.50. The molecule has 0 aliphatic heterocycles. The molecule has 0 aliphatic carbocycles. The molecule has 0 fully saturated rings. The molecule has 10 heteroatoms. The van der Waals surface area contributed by atoms with Crippen molar-refractivity contribution in [1.82, 2.24) is 4.98 Å². The standard InChI is InChI=1S/C23H17ClF5NO3/c1-2-33-22(32)17-15(12-6-4-3-5-7-12)16(19(31)13-8-10-14(24)11-9-13)18(21(25)26)30-20(17)23(27,28)29/h3-11,19,21,31H,2H2,1H3. The Morgan fingerprint density at radius 3 is 2.21 bits per heavy atom. The summed E-state index contributed by atoms with van der Waals surface area (Å²) < 4.78 is 74.6. The third kappa shape index (κ3) is 5.15. The number of carbonyl (C=O) groups excluding carboxylic acids is 1. The first-order chi connectivity index (χ1) is 15.6. The van der Waals surface area contributed by atoms with E-state index in [9.17, 15) is 31.9 Å². The Morgan fingerprint density at radius 1 is 1.09 bits per heavy atom. The minimum Gasteiger partial charge on any atom is -0.462 e. The Kier molecular flexibility index (Phi) is 7.34. The van der Waals surface area contributed by atoms with Crippen LogP contribution < -0.4 is 0 Å². The number of rotatable bonds is 6. The number of hydrogen-bond acceptors (Lipinski definition) is 4. The van der Waals surface area contributed by atoms with Gasteiger partial charge >= 0.3 is 12.1 Å². The second-order valence-electron chi connectivity index (χ2n) is 6.85. The second-order valence-corrected chi connectivity index (χ2v) is 7.28. The van der Waals surface area contributed by atoms with Gasteiger partial charge in [0.05, 0.1) is 12.2 Å². The number of carbonyl (C=O) groups is 1. The van der Waals surface area contributed by atoms with Crippen LogP contribution in [0.1, 0.15) is 52.3 Å². The molecular formula is C23H17ClF5NO3. The lowest BCUT2D eigenvalue weighted by atomic mass is 9.87. The average molecular weight is 486 g/mol. The minimum absolute atomic E-state index is 0.00151. The number of halogens is 6. The van der Waals surface area contributed by atoms with E-state index in [1.807, 2.05) is 0 Å². The van der Waals surface area contributed by atoms with Gasteiger partial charge in [-0.1, -0.05) is 54.1 Å². The molecule has 3 aromatic rings. The summed E-state index contributed by atoms with van der Waals surface area (Å²) in [5.41, 5.74) is -5.27. The summed E-state index contributed by atoms with van der Waals surface area (Å²) in [7, 11) is 0. The van der Waals surface area contributed by atoms with E-state index in [0.29, 0.717) is 5.02 Å². The van der Waals surface area contributed by atoms with E-state index >= 15 is 0 Å². The third-order valence-electron chi connectivity index (χ3n) is 4.74. The summed E-state index contributed by atoms with van der Waals surface area (Å²) in [5.74, 6) is -1.40. The lowest BCUT2D eigenvalue weighted by Crippen LogP contribution is -2.23. The third-order valence-corrected chi connectivity index (χ3v) is 4.99. The van der Waals surface area contributed by atoms with Crippen molar-refractivity contribution >= 4 is 17.6 Å². The van der Waals surface area contributed by atoms with E-state index in [-0.39, 0.29) is 17.7 Å². The normalized spacial score (nSPS) is 12.6. The van der Waals surface area contributed by atoms with Crippen LogP contribution in [0, 0.1) is 0 Å². The van der Waals surface area contributed by atoms with E-state index in [2.05, 4.69) is 4.98 Å². The van der Waals surface area contributed by atoms with Crippen molar-refractivity contribution in [2.75, 3.05) is 6.61 Å². The highest BCUT2D eigenvalue weighted by Gasteiger charge is 2.43. The van der Waals surface area contributed by atoms with Gasteiger partial charge in [-0.25, -0.2) is 18.6 Å². The lowest BCUT2D eigenvalue weighted by Gasteiger charge is -2.24. The zero-order valence-electron chi connectivity index (χ0n) is 17.0. The summed E-state index contributed by atoms with van der Waals surface area (Å²) >= 11 is 5.84. The molecule has 3 rings (SSSR count). The van der Waals surface area contributed by atoms with Crippen LogP contribution in [0.3, 0.4) is 0 Å². The van der Waals surface area contributed by atoms with Gasteiger partial charge in [0.2, 0.25) is 0 Å². The van der Waals surface area contributed by atoms with Crippen LogP contribution in [-0.2, 0) is 10.9 Å². The predicted molar refractivity (Wildman–Crippen MR) is 111 cm³/mol. The maximum Gasteiger partial charge on any atom is 0.434 e. The van der Waals surface area contributed by atoms with E-state index in [4.69, 9.17) is 16.3 Å². The van der Waals surface area contributed by atoms with E-state index in [1.54, 1.807) is 6.07 Å². The quantitative estimate of drug-likeness (QED) is 0.315. The molecule has 33 heavy (non-hydrogen) atoms. The van der Waals surface area contributed by atoms with Gasteiger partial charge in [-0.3, -0.25) is 0 Å². The molecule has 4 nitrogen and oxygen atoms in total. The average Bonchev–Trinajstić information content (AvgIpc) is 2.77. The molecule has 1 atom stereocenters. The number of aromatic nitrogens is 1. The molecule has 0 amide bonds. The Bertz CT molecular complexity index is 1140. The van der Waals surface area contributed by atoms with Gasteiger partial charge in [-0.15, -0.1) is 0 Å². The SMILES string of the molecule is CCOC(=O)c1c(C(F)(F)F)nc(C(F)F)c(C(O)c2ccc(Cl)cc2)c1-c1ccccc1. The number of benzene rings is 2. The van der Waals surface area contributed by atoms with Crippen LogP contribution in [0.5, 0.6) is 0 Å². The Hall–Kier alpha value is -3.04. The van der Waals surface area contributed by atoms with Crippen LogP contribution >= 0.6 is 11.6 Å². The molecule has 0 saturated heterocycles.